The lowest BCUT2D eigenvalue weighted by Crippen LogP contribution is -2.53. The zero-order valence-corrected chi connectivity index (χ0v) is 23.9. The number of hydrogen-bond acceptors (Lipinski definition) is 12. The van der Waals surface area contributed by atoms with Crippen molar-refractivity contribution in [3.8, 4) is 17.2 Å². The number of ketones is 2. The molecule has 2 aromatic rings. The van der Waals surface area contributed by atoms with E-state index < -0.39 is 73.5 Å². The van der Waals surface area contributed by atoms with E-state index in [1.165, 1.54) is 13.2 Å². The number of carbonyl (C=O) groups excluding carboxylic acids is 3. The molecular weight excluding hydrogens is 550 g/mol. The molecule has 0 aliphatic heterocycles. The number of nitrogens with one attached hydrogen (secondary N) is 1. The van der Waals surface area contributed by atoms with Gasteiger partial charge < -0.3 is 51.3 Å². The van der Waals surface area contributed by atoms with Crippen molar-refractivity contribution in [2.45, 2.75) is 49.9 Å². The number of carbonyl (C=O) groups is 3. The van der Waals surface area contributed by atoms with E-state index in [-0.39, 0.29) is 35.7 Å². The number of nitrogens with zero attached hydrogens (tertiary/aromatic N) is 1. The highest BCUT2D eigenvalue weighted by atomic mass is 16.5. The molecule has 0 saturated carbocycles. The Hall–Kier alpha value is -3.91. The number of aromatic hydroxyl groups is 2. The first-order valence-corrected chi connectivity index (χ1v) is 13.3. The smallest absolute Gasteiger partial charge is 0.224 e. The molecule has 1 amide bonds. The zero-order valence-electron chi connectivity index (χ0n) is 23.9. The number of amides is 1. The second-order valence-corrected chi connectivity index (χ2v) is 11.0. The van der Waals surface area contributed by atoms with E-state index in [2.05, 4.69) is 5.32 Å². The van der Waals surface area contributed by atoms with Crippen LogP contribution >= 0.6 is 0 Å². The maximum atomic E-state index is 13.5. The van der Waals surface area contributed by atoms with Crippen molar-refractivity contribution in [2.24, 2.45) is 11.7 Å². The molecule has 13 nitrogen and oxygen atoms in total. The highest BCUT2D eigenvalue weighted by molar-refractivity contribution is 6.05. The number of phenols is 2. The van der Waals surface area contributed by atoms with Crippen molar-refractivity contribution >= 4 is 28.8 Å². The molecule has 0 fully saturated rings. The lowest BCUT2D eigenvalue weighted by molar-refractivity contribution is -0.148. The van der Waals surface area contributed by atoms with E-state index in [4.69, 9.17) is 10.5 Å². The van der Waals surface area contributed by atoms with Crippen LogP contribution in [0.1, 0.15) is 47.2 Å². The van der Waals surface area contributed by atoms with Crippen molar-refractivity contribution in [2.75, 3.05) is 44.6 Å². The zero-order chi connectivity index (χ0) is 31.4. The number of aliphatic hydroxyl groups is 4. The minimum absolute atomic E-state index is 0.0137. The standard InChI is InChI=1S/C29H39N3O10/c1-32(2)20-9-19(31-13-16-4-5-24(42-3)22(36)8-16)27(39)26-17(20)11-28(40,12-23(26)37)15-29(41,6-7-33)18(14-34)21(35)10-25(30)38/h4-5,8-9,18,31,33-34,36,39-41H,6-7,10-15H2,1-3H3,(H2,30,38). The molecule has 0 aromatic heterocycles. The van der Waals surface area contributed by atoms with Crippen LogP contribution in [0, 0.1) is 5.92 Å². The van der Waals surface area contributed by atoms with E-state index in [0.717, 1.165) is 0 Å². The normalized spacial score (nSPS) is 18.5. The fourth-order valence-electron chi connectivity index (χ4n) is 5.67. The summed E-state index contributed by atoms with van der Waals surface area (Å²) in [5.74, 6) is -4.10. The van der Waals surface area contributed by atoms with Crippen LogP contribution in [0.5, 0.6) is 17.2 Å². The number of primary amides is 1. The number of ether oxygens (including phenoxy) is 1. The number of Topliss-reactive ketones (excluding diaryl/α,β-unsaturated/α-hetero) is 2. The molecule has 42 heavy (non-hydrogen) atoms. The Morgan fingerprint density at radius 2 is 1.88 bits per heavy atom. The van der Waals surface area contributed by atoms with Gasteiger partial charge in [0.15, 0.2) is 17.3 Å². The van der Waals surface area contributed by atoms with Gasteiger partial charge in [-0.05, 0) is 29.3 Å². The van der Waals surface area contributed by atoms with Crippen molar-refractivity contribution < 1.29 is 49.8 Å². The van der Waals surface area contributed by atoms with Gasteiger partial charge in [-0.2, -0.15) is 0 Å². The first-order valence-electron chi connectivity index (χ1n) is 13.3. The Balaban J connectivity index is 1.97. The van der Waals surface area contributed by atoms with E-state index in [0.29, 0.717) is 22.6 Å². The largest absolute Gasteiger partial charge is 0.505 e. The summed E-state index contributed by atoms with van der Waals surface area (Å²) in [5, 5.41) is 66.9. The summed E-state index contributed by atoms with van der Waals surface area (Å²) < 4.78 is 5.06. The number of hydrogen-bond donors (Lipinski definition) is 8. The van der Waals surface area contributed by atoms with Crippen LogP contribution in [0.4, 0.5) is 11.4 Å². The molecule has 0 radical (unpaired) electrons. The monoisotopic (exact) mass is 589 g/mol. The van der Waals surface area contributed by atoms with Crippen LogP contribution in [0.25, 0.3) is 0 Å². The highest BCUT2D eigenvalue weighted by Crippen LogP contribution is 2.46. The third-order valence-electron chi connectivity index (χ3n) is 7.61. The van der Waals surface area contributed by atoms with Gasteiger partial charge in [-0.15, -0.1) is 0 Å². The molecule has 2 aromatic carbocycles. The third-order valence-corrected chi connectivity index (χ3v) is 7.61. The number of anilines is 2. The van der Waals surface area contributed by atoms with E-state index >= 15 is 0 Å². The Kier molecular flexibility index (Phi) is 10.0. The van der Waals surface area contributed by atoms with Gasteiger partial charge >= 0.3 is 0 Å². The van der Waals surface area contributed by atoms with E-state index in [9.17, 15) is 45.0 Å². The summed E-state index contributed by atoms with van der Waals surface area (Å²) in [6, 6.07) is 6.42. The molecule has 3 rings (SSSR count). The molecule has 9 N–H and O–H groups in total. The molecule has 3 unspecified atom stereocenters. The molecule has 13 heteroatoms. The second-order valence-electron chi connectivity index (χ2n) is 11.0. The van der Waals surface area contributed by atoms with Gasteiger partial charge in [-0.1, -0.05) is 6.07 Å². The lowest BCUT2D eigenvalue weighted by atomic mass is 9.68. The maximum Gasteiger partial charge on any atom is 0.224 e. The molecular formula is C29H39N3O10. The van der Waals surface area contributed by atoms with Crippen LogP contribution < -0.4 is 20.7 Å². The number of phenolic OH excluding ortho intramolecular Hbond substituents is 2. The predicted molar refractivity (Wildman–Crippen MR) is 153 cm³/mol. The molecule has 0 heterocycles. The topological polar surface area (TPSA) is 223 Å². The average molecular weight is 590 g/mol. The first kappa shape index (κ1) is 32.6. The first-order chi connectivity index (χ1) is 19.7. The maximum absolute atomic E-state index is 13.5. The number of aliphatic hydroxyl groups excluding tert-OH is 2. The van der Waals surface area contributed by atoms with Crippen LogP contribution in [0.3, 0.4) is 0 Å². The van der Waals surface area contributed by atoms with Gasteiger partial charge in [-0.3, -0.25) is 14.4 Å². The summed E-state index contributed by atoms with van der Waals surface area (Å²) in [7, 11) is 4.85. The Morgan fingerprint density at radius 3 is 2.43 bits per heavy atom. The van der Waals surface area contributed by atoms with Gasteiger partial charge in [0.2, 0.25) is 5.91 Å². The predicted octanol–water partition coefficient (Wildman–Crippen LogP) is 0.201. The van der Waals surface area contributed by atoms with Crippen molar-refractivity contribution in [1.82, 2.24) is 0 Å². The third kappa shape index (κ3) is 6.93. The summed E-state index contributed by atoms with van der Waals surface area (Å²) in [4.78, 5) is 39.1. The average Bonchev–Trinajstić information content (AvgIpc) is 2.87. The minimum Gasteiger partial charge on any atom is -0.505 e. The summed E-state index contributed by atoms with van der Waals surface area (Å²) >= 11 is 0. The summed E-state index contributed by atoms with van der Waals surface area (Å²) in [5.41, 5.74) is 2.70. The minimum atomic E-state index is -2.17. The van der Waals surface area contributed by atoms with Crippen molar-refractivity contribution in [3.63, 3.8) is 0 Å². The Labute approximate surface area is 243 Å². The molecule has 0 bridgehead atoms. The second kappa shape index (κ2) is 12.9. The molecule has 230 valence electrons. The molecule has 1 aliphatic carbocycles. The SMILES string of the molecule is COc1ccc(CNc2cc(N(C)C)c3c(c2O)C(=O)CC(O)(CC(O)(CCO)C(CO)C(=O)CC(N)=O)C3)cc1O. The van der Waals surface area contributed by atoms with E-state index in [1.54, 1.807) is 37.2 Å². The molecule has 3 atom stereocenters. The molecule has 1 aliphatic rings. The van der Waals surface area contributed by atoms with Crippen LogP contribution in [0.2, 0.25) is 0 Å². The highest BCUT2D eigenvalue weighted by Gasteiger charge is 2.50. The summed E-state index contributed by atoms with van der Waals surface area (Å²) in [6.07, 6.45) is -2.52. The van der Waals surface area contributed by atoms with Gasteiger partial charge in [0.25, 0.3) is 0 Å². The van der Waals surface area contributed by atoms with E-state index in [1.807, 2.05) is 0 Å². The number of rotatable bonds is 14. The van der Waals surface area contributed by atoms with Gasteiger partial charge in [0.05, 0.1) is 48.5 Å². The lowest BCUT2D eigenvalue weighted by Gasteiger charge is -2.43. The number of fused-ring (bicyclic) bond motifs is 1. The summed E-state index contributed by atoms with van der Waals surface area (Å²) in [6.45, 7) is -1.30. The number of nitrogens with two attached hydrogens (primary N) is 1. The number of benzene rings is 2. The van der Waals surface area contributed by atoms with Crippen LogP contribution in [0.15, 0.2) is 24.3 Å². The Morgan fingerprint density at radius 1 is 1.19 bits per heavy atom. The van der Waals surface area contributed by atoms with Crippen LogP contribution in [-0.4, -0.2) is 93.7 Å². The number of methoxy groups -OCH3 is 1. The van der Waals surface area contributed by atoms with Crippen molar-refractivity contribution in [1.29, 1.82) is 0 Å². The van der Waals surface area contributed by atoms with Gasteiger partial charge in [0, 0.05) is 58.6 Å². The van der Waals surface area contributed by atoms with Gasteiger partial charge in [-0.25, -0.2) is 0 Å². The fourth-order valence-corrected chi connectivity index (χ4v) is 5.67. The van der Waals surface area contributed by atoms with Crippen LogP contribution in [-0.2, 0) is 22.6 Å². The van der Waals surface area contributed by atoms with Crippen molar-refractivity contribution in [3.05, 3.63) is 41.0 Å². The molecule has 0 saturated heterocycles. The fraction of sp³-hybridized carbons (Fsp3) is 0.483. The van der Waals surface area contributed by atoms with Gasteiger partial charge in [0.1, 0.15) is 11.5 Å². The quantitative estimate of drug-likeness (QED) is 0.109. The Bertz CT molecular complexity index is 1350. The molecule has 0 spiro atoms.